The van der Waals surface area contributed by atoms with Crippen LogP contribution in [0.5, 0.6) is 0 Å². The van der Waals surface area contributed by atoms with Gasteiger partial charge in [0, 0.05) is 32.7 Å². The van der Waals surface area contributed by atoms with E-state index in [2.05, 4.69) is 61.9 Å². The van der Waals surface area contributed by atoms with Crippen LogP contribution in [0.15, 0.2) is 48.5 Å². The molecule has 85 valence electrons. The summed E-state index contributed by atoms with van der Waals surface area (Å²) in [5.41, 5.74) is 2.85. The van der Waals surface area contributed by atoms with Crippen molar-refractivity contribution in [2.75, 3.05) is 0 Å². The molecule has 0 bridgehead atoms. The van der Waals surface area contributed by atoms with Crippen molar-refractivity contribution in [3.8, 4) is 0 Å². The van der Waals surface area contributed by atoms with E-state index in [9.17, 15) is 0 Å². The molecule has 0 fully saturated rings. The largest absolute Gasteiger partial charge is 0.183 e. The van der Waals surface area contributed by atoms with E-state index < -0.39 is 0 Å². The molecule has 1 unspecified atom stereocenters. The Labute approximate surface area is 132 Å². The van der Waals surface area contributed by atoms with E-state index in [0.29, 0.717) is 5.92 Å². The molecule has 0 aromatic heterocycles. The maximum Gasteiger partial charge on any atom is 0 e. The minimum Gasteiger partial charge on any atom is -0.183 e. The van der Waals surface area contributed by atoms with Crippen LogP contribution in [-0.4, -0.2) is 0 Å². The van der Waals surface area contributed by atoms with Gasteiger partial charge in [-0.05, 0) is 11.3 Å². The maximum atomic E-state index is 2.38. The van der Waals surface area contributed by atoms with Crippen LogP contribution in [0.25, 0.3) is 21.5 Å². The fourth-order valence-electron chi connectivity index (χ4n) is 3.09. The molecule has 1 aliphatic rings. The molecule has 0 nitrogen and oxygen atoms in total. The van der Waals surface area contributed by atoms with Crippen LogP contribution < -0.4 is 0 Å². The second kappa shape index (κ2) is 4.36. The molecule has 0 spiro atoms. The Hall–Kier alpha value is -0.846. The molecule has 1 aliphatic carbocycles. The SMILES string of the molecule is CC1[CH-]c2cccc3ccc4cccc1c4c23.[Y]. The molecule has 18 heavy (non-hydrogen) atoms. The topological polar surface area (TPSA) is 0 Å². The van der Waals surface area contributed by atoms with Gasteiger partial charge in [-0.1, -0.05) is 59.7 Å². The average Bonchev–Trinajstić information content (AvgIpc) is 2.37. The number of hydrogen-bond acceptors (Lipinski definition) is 0. The summed E-state index contributed by atoms with van der Waals surface area (Å²) in [6.45, 7) is 2.28. The Morgan fingerprint density at radius 1 is 0.833 bits per heavy atom. The monoisotopic (exact) mass is 306 g/mol. The summed E-state index contributed by atoms with van der Waals surface area (Å²) in [6.07, 6.45) is 2.38. The second-order valence-electron chi connectivity index (χ2n) is 4.91. The normalized spacial score (nSPS) is 16.6. The van der Waals surface area contributed by atoms with Gasteiger partial charge in [0.05, 0.1) is 0 Å². The summed E-state index contributed by atoms with van der Waals surface area (Å²) in [7, 11) is 0. The van der Waals surface area contributed by atoms with Crippen molar-refractivity contribution < 1.29 is 32.7 Å². The van der Waals surface area contributed by atoms with E-state index in [0.717, 1.165) is 0 Å². The van der Waals surface area contributed by atoms with Crippen LogP contribution in [0.3, 0.4) is 0 Å². The summed E-state index contributed by atoms with van der Waals surface area (Å²) in [5, 5.41) is 5.60. The molecular weight excluding hydrogens is 293 g/mol. The first-order valence-electron chi connectivity index (χ1n) is 6.14. The molecule has 0 saturated carbocycles. The molecule has 0 N–H and O–H groups in total. The van der Waals surface area contributed by atoms with Crippen molar-refractivity contribution in [2.24, 2.45) is 0 Å². The van der Waals surface area contributed by atoms with Crippen LogP contribution in [0.4, 0.5) is 0 Å². The van der Waals surface area contributed by atoms with E-state index in [1.165, 1.54) is 32.7 Å². The standard InChI is InChI=1S/C17H13.Y/c1-11-10-14-6-2-4-12-8-9-13-5-3-7-15(11)17(13)16(12)14;/h2-11H,1H3;/q-1;. The van der Waals surface area contributed by atoms with E-state index >= 15 is 0 Å². The van der Waals surface area contributed by atoms with Crippen LogP contribution in [0.1, 0.15) is 24.0 Å². The predicted molar refractivity (Wildman–Crippen MR) is 73.3 cm³/mol. The zero-order valence-electron chi connectivity index (χ0n) is 10.4. The van der Waals surface area contributed by atoms with Crippen molar-refractivity contribution in [3.63, 3.8) is 0 Å². The first kappa shape index (κ1) is 12.2. The molecule has 1 heteroatoms. The third-order valence-electron chi connectivity index (χ3n) is 3.87. The van der Waals surface area contributed by atoms with Gasteiger partial charge in [-0.2, -0.15) is 18.1 Å². The molecule has 0 saturated heterocycles. The maximum absolute atomic E-state index is 2.38. The van der Waals surface area contributed by atoms with Crippen LogP contribution >= 0.6 is 0 Å². The minimum atomic E-state index is 0. The molecule has 1 radical (unpaired) electrons. The minimum absolute atomic E-state index is 0. The molecule has 3 aromatic carbocycles. The first-order valence-corrected chi connectivity index (χ1v) is 6.14. The predicted octanol–water partition coefficient (Wildman–Crippen LogP) is 4.66. The Balaban J connectivity index is 0.000001000. The third kappa shape index (κ3) is 1.56. The zero-order chi connectivity index (χ0) is 11.4. The summed E-state index contributed by atoms with van der Waals surface area (Å²) >= 11 is 0. The smallest absolute Gasteiger partial charge is 0 e. The summed E-state index contributed by atoms with van der Waals surface area (Å²) < 4.78 is 0. The van der Waals surface area contributed by atoms with Gasteiger partial charge < -0.3 is 0 Å². The van der Waals surface area contributed by atoms with Gasteiger partial charge in [-0.25, -0.2) is 0 Å². The van der Waals surface area contributed by atoms with E-state index in [4.69, 9.17) is 0 Å². The fourth-order valence-corrected chi connectivity index (χ4v) is 3.09. The van der Waals surface area contributed by atoms with E-state index in [1.54, 1.807) is 0 Å². The number of hydrogen-bond donors (Lipinski definition) is 0. The van der Waals surface area contributed by atoms with Crippen LogP contribution in [0, 0.1) is 6.42 Å². The molecule has 0 heterocycles. The fraction of sp³-hybridized carbons (Fsp3) is 0.118. The molecule has 0 amide bonds. The molecule has 0 aliphatic heterocycles. The van der Waals surface area contributed by atoms with Gasteiger partial charge in [0.1, 0.15) is 0 Å². The van der Waals surface area contributed by atoms with Crippen LogP contribution in [0.2, 0.25) is 0 Å². The van der Waals surface area contributed by atoms with E-state index in [1.807, 2.05) is 0 Å². The molecular formula is C17H13Y-. The van der Waals surface area contributed by atoms with Crippen molar-refractivity contribution in [1.82, 2.24) is 0 Å². The van der Waals surface area contributed by atoms with E-state index in [-0.39, 0.29) is 32.7 Å². The molecule has 3 aromatic rings. The van der Waals surface area contributed by atoms with Crippen molar-refractivity contribution in [2.45, 2.75) is 12.8 Å². The van der Waals surface area contributed by atoms with Gasteiger partial charge in [0.25, 0.3) is 0 Å². The van der Waals surface area contributed by atoms with Gasteiger partial charge in [0.2, 0.25) is 0 Å². The Kier molecular flexibility index (Phi) is 2.96. The number of benzene rings is 3. The second-order valence-corrected chi connectivity index (χ2v) is 4.91. The van der Waals surface area contributed by atoms with Crippen molar-refractivity contribution >= 4 is 21.5 Å². The summed E-state index contributed by atoms with van der Waals surface area (Å²) in [6, 6.07) is 17.7. The first-order chi connectivity index (χ1) is 8.34. The third-order valence-corrected chi connectivity index (χ3v) is 3.87. The van der Waals surface area contributed by atoms with Gasteiger partial charge >= 0.3 is 0 Å². The zero-order valence-corrected chi connectivity index (χ0v) is 13.2. The Bertz CT molecular complexity index is 743. The van der Waals surface area contributed by atoms with Crippen LogP contribution in [-0.2, 0) is 32.7 Å². The van der Waals surface area contributed by atoms with Crippen molar-refractivity contribution in [1.29, 1.82) is 0 Å². The summed E-state index contributed by atoms with van der Waals surface area (Å²) in [5.74, 6) is 0.513. The van der Waals surface area contributed by atoms with Gasteiger partial charge in [-0.15, -0.1) is 11.5 Å². The Morgan fingerprint density at radius 3 is 2.28 bits per heavy atom. The summed E-state index contributed by atoms with van der Waals surface area (Å²) in [4.78, 5) is 0. The number of rotatable bonds is 0. The Morgan fingerprint density at radius 2 is 1.50 bits per heavy atom. The average molecular weight is 306 g/mol. The molecule has 1 atom stereocenters. The quantitative estimate of drug-likeness (QED) is 0.418. The van der Waals surface area contributed by atoms with Gasteiger partial charge in [0.15, 0.2) is 0 Å². The van der Waals surface area contributed by atoms with Gasteiger partial charge in [-0.3, -0.25) is 0 Å². The molecule has 4 rings (SSSR count). The van der Waals surface area contributed by atoms with Crippen molar-refractivity contribution in [3.05, 3.63) is 66.1 Å².